The van der Waals surface area contributed by atoms with Gasteiger partial charge in [0.15, 0.2) is 0 Å². The molecular weight excluding hydrogens is 180 g/mol. The predicted molar refractivity (Wildman–Crippen MR) is 52.3 cm³/mol. The van der Waals surface area contributed by atoms with Gasteiger partial charge >= 0.3 is 5.97 Å². The molecule has 72 valence electrons. The summed E-state index contributed by atoms with van der Waals surface area (Å²) in [5, 5.41) is 9.00. The number of nitrogens with one attached hydrogen (secondary N) is 2. The van der Waals surface area contributed by atoms with E-state index in [4.69, 9.17) is 5.11 Å². The number of aromatic nitrogens is 2. The monoisotopic (exact) mass is 190 g/mol. The summed E-state index contributed by atoms with van der Waals surface area (Å²) >= 11 is 0. The van der Waals surface area contributed by atoms with Crippen molar-refractivity contribution in [2.24, 2.45) is 0 Å². The van der Waals surface area contributed by atoms with Crippen LogP contribution in [0.3, 0.4) is 0 Å². The van der Waals surface area contributed by atoms with E-state index in [9.17, 15) is 4.79 Å². The molecule has 3 N–H and O–H groups in total. The maximum absolute atomic E-state index is 11.0. The Morgan fingerprint density at radius 1 is 1.43 bits per heavy atom. The van der Waals surface area contributed by atoms with E-state index in [1.807, 2.05) is 6.07 Å². The molecule has 0 saturated heterocycles. The maximum Gasteiger partial charge on any atom is 0.338 e. The number of hydrogen-bond donors (Lipinski definition) is 3. The summed E-state index contributed by atoms with van der Waals surface area (Å²) < 4.78 is 0. The van der Waals surface area contributed by atoms with Gasteiger partial charge in [-0.15, -0.1) is 0 Å². The van der Waals surface area contributed by atoms with Gasteiger partial charge in [-0.2, -0.15) is 0 Å². The molecule has 4 heteroatoms. The zero-order chi connectivity index (χ0) is 10.1. The molecule has 0 radical (unpaired) electrons. The van der Waals surface area contributed by atoms with Crippen LogP contribution in [0.15, 0.2) is 24.7 Å². The van der Waals surface area contributed by atoms with E-state index in [0.717, 1.165) is 11.1 Å². The summed E-state index contributed by atoms with van der Waals surface area (Å²) in [4.78, 5) is 16.8. The molecule has 4 nitrogen and oxygen atoms in total. The fraction of sp³-hybridized carbons (Fsp3) is 0.100. The number of H-pyrrole nitrogens is 2. The van der Waals surface area contributed by atoms with Crippen LogP contribution in [-0.2, 0) is 0 Å². The topological polar surface area (TPSA) is 68.9 Å². The Morgan fingerprint density at radius 3 is 2.79 bits per heavy atom. The summed E-state index contributed by atoms with van der Waals surface area (Å²) in [7, 11) is 0. The van der Waals surface area contributed by atoms with Crippen LogP contribution < -0.4 is 0 Å². The number of carboxylic acids is 1. The third kappa shape index (κ3) is 1.21. The molecule has 0 aliphatic carbocycles. The van der Waals surface area contributed by atoms with Gasteiger partial charge in [-0.3, -0.25) is 0 Å². The van der Waals surface area contributed by atoms with Crippen molar-refractivity contribution in [3.8, 4) is 11.3 Å². The van der Waals surface area contributed by atoms with Gasteiger partial charge in [-0.25, -0.2) is 4.79 Å². The van der Waals surface area contributed by atoms with Crippen molar-refractivity contribution in [3.63, 3.8) is 0 Å². The Morgan fingerprint density at radius 2 is 2.21 bits per heavy atom. The zero-order valence-electron chi connectivity index (χ0n) is 7.66. The SMILES string of the molecule is Cc1c[nH]c(-c2cc[nH]c2)c1C(=O)O. The van der Waals surface area contributed by atoms with E-state index in [0.29, 0.717) is 11.3 Å². The van der Waals surface area contributed by atoms with Gasteiger partial charge in [-0.1, -0.05) is 0 Å². The van der Waals surface area contributed by atoms with E-state index < -0.39 is 5.97 Å². The maximum atomic E-state index is 11.0. The van der Waals surface area contributed by atoms with E-state index >= 15 is 0 Å². The number of carboxylic acid groups (broad SMARTS) is 1. The van der Waals surface area contributed by atoms with Crippen molar-refractivity contribution in [2.45, 2.75) is 6.92 Å². The van der Waals surface area contributed by atoms with Gasteiger partial charge in [0, 0.05) is 24.2 Å². The lowest BCUT2D eigenvalue weighted by atomic mass is 10.1. The highest BCUT2D eigenvalue weighted by Gasteiger charge is 2.16. The van der Waals surface area contributed by atoms with Crippen molar-refractivity contribution >= 4 is 5.97 Å². The van der Waals surface area contributed by atoms with Crippen molar-refractivity contribution in [1.82, 2.24) is 9.97 Å². The number of rotatable bonds is 2. The van der Waals surface area contributed by atoms with Gasteiger partial charge < -0.3 is 15.1 Å². The van der Waals surface area contributed by atoms with Crippen LogP contribution >= 0.6 is 0 Å². The first kappa shape index (κ1) is 8.62. The fourth-order valence-electron chi connectivity index (χ4n) is 1.50. The molecule has 0 aliphatic heterocycles. The average molecular weight is 190 g/mol. The number of aryl methyl sites for hydroxylation is 1. The second-order valence-corrected chi connectivity index (χ2v) is 3.13. The summed E-state index contributed by atoms with van der Waals surface area (Å²) in [6, 6.07) is 1.83. The number of aromatic amines is 2. The molecule has 2 rings (SSSR count). The highest BCUT2D eigenvalue weighted by molar-refractivity contribution is 5.96. The molecule has 2 heterocycles. The van der Waals surface area contributed by atoms with Gasteiger partial charge in [0.25, 0.3) is 0 Å². The van der Waals surface area contributed by atoms with Crippen LogP contribution in [0.1, 0.15) is 15.9 Å². The molecule has 0 unspecified atom stereocenters. The zero-order valence-corrected chi connectivity index (χ0v) is 7.66. The summed E-state index contributed by atoms with van der Waals surface area (Å²) in [5.41, 5.74) is 2.59. The van der Waals surface area contributed by atoms with Gasteiger partial charge in [0.1, 0.15) is 0 Å². The van der Waals surface area contributed by atoms with E-state index in [1.165, 1.54) is 0 Å². The summed E-state index contributed by atoms with van der Waals surface area (Å²) in [5.74, 6) is -0.903. The van der Waals surface area contributed by atoms with Gasteiger partial charge in [0.05, 0.1) is 11.3 Å². The molecule has 0 spiro atoms. The molecule has 0 aromatic carbocycles. The first-order valence-corrected chi connectivity index (χ1v) is 4.24. The Kier molecular flexibility index (Phi) is 1.89. The highest BCUT2D eigenvalue weighted by Crippen LogP contribution is 2.24. The number of carbonyl (C=O) groups is 1. The Bertz CT molecular complexity index is 454. The minimum Gasteiger partial charge on any atom is -0.478 e. The van der Waals surface area contributed by atoms with E-state index in [1.54, 1.807) is 25.5 Å². The fourth-order valence-corrected chi connectivity index (χ4v) is 1.50. The lowest BCUT2D eigenvalue weighted by Gasteiger charge is -1.97. The predicted octanol–water partition coefficient (Wildman–Crippen LogP) is 2.02. The Balaban J connectivity index is 2.60. The van der Waals surface area contributed by atoms with Crippen molar-refractivity contribution < 1.29 is 9.90 Å². The molecule has 14 heavy (non-hydrogen) atoms. The molecule has 0 aliphatic rings. The van der Waals surface area contributed by atoms with Crippen molar-refractivity contribution in [3.05, 3.63) is 35.8 Å². The summed E-state index contributed by atoms with van der Waals surface area (Å²) in [6.07, 6.45) is 5.22. The van der Waals surface area contributed by atoms with Crippen LogP contribution in [0.2, 0.25) is 0 Å². The average Bonchev–Trinajstić information content (AvgIpc) is 2.70. The van der Waals surface area contributed by atoms with E-state index in [2.05, 4.69) is 9.97 Å². The number of aromatic carboxylic acids is 1. The van der Waals surface area contributed by atoms with Crippen LogP contribution in [0, 0.1) is 6.92 Å². The lowest BCUT2D eigenvalue weighted by Crippen LogP contribution is -1.98. The first-order chi connectivity index (χ1) is 6.70. The van der Waals surface area contributed by atoms with Gasteiger partial charge in [-0.05, 0) is 18.6 Å². The second-order valence-electron chi connectivity index (χ2n) is 3.13. The molecule has 0 atom stereocenters. The van der Waals surface area contributed by atoms with Crippen LogP contribution in [0.25, 0.3) is 11.3 Å². The molecule has 0 saturated carbocycles. The molecule has 0 fully saturated rings. The second kappa shape index (κ2) is 3.06. The lowest BCUT2D eigenvalue weighted by molar-refractivity contribution is 0.0697. The Labute approximate surface area is 80.6 Å². The van der Waals surface area contributed by atoms with Crippen molar-refractivity contribution in [2.75, 3.05) is 0 Å². The normalized spacial score (nSPS) is 10.4. The Hall–Kier alpha value is -1.97. The van der Waals surface area contributed by atoms with Crippen LogP contribution in [0.4, 0.5) is 0 Å². The first-order valence-electron chi connectivity index (χ1n) is 4.24. The van der Waals surface area contributed by atoms with Crippen LogP contribution in [0.5, 0.6) is 0 Å². The number of hydrogen-bond acceptors (Lipinski definition) is 1. The third-order valence-corrected chi connectivity index (χ3v) is 2.18. The van der Waals surface area contributed by atoms with Crippen LogP contribution in [-0.4, -0.2) is 21.0 Å². The molecule has 2 aromatic heterocycles. The smallest absolute Gasteiger partial charge is 0.338 e. The largest absolute Gasteiger partial charge is 0.478 e. The van der Waals surface area contributed by atoms with Crippen molar-refractivity contribution in [1.29, 1.82) is 0 Å². The quantitative estimate of drug-likeness (QED) is 0.678. The molecule has 2 aromatic rings. The van der Waals surface area contributed by atoms with Gasteiger partial charge in [0.2, 0.25) is 0 Å². The molecule has 0 bridgehead atoms. The molecular formula is C10H10N2O2. The highest BCUT2D eigenvalue weighted by atomic mass is 16.4. The minimum absolute atomic E-state index is 0.338. The third-order valence-electron chi connectivity index (χ3n) is 2.18. The minimum atomic E-state index is -0.903. The summed E-state index contributed by atoms with van der Waals surface area (Å²) in [6.45, 7) is 1.77. The standard InChI is InChI=1S/C10H10N2O2/c1-6-4-12-9(8(6)10(13)14)7-2-3-11-5-7/h2-5,11-12H,1H3,(H,13,14). The van der Waals surface area contributed by atoms with E-state index in [-0.39, 0.29) is 0 Å². The molecule has 0 amide bonds.